The van der Waals surface area contributed by atoms with Crippen LogP contribution in [0.25, 0.3) is 0 Å². The van der Waals surface area contributed by atoms with Gasteiger partial charge in [-0.2, -0.15) is 0 Å². The number of carboxylic acid groups (broad SMARTS) is 1. The first kappa shape index (κ1) is 18.9. The number of carbonyl (C=O) groups is 1. The third kappa shape index (κ3) is 15.0. The van der Waals surface area contributed by atoms with Gasteiger partial charge in [-0.1, -0.05) is 51.0 Å². The van der Waals surface area contributed by atoms with Crippen molar-refractivity contribution in [3.8, 4) is 0 Å². The zero-order valence-electron chi connectivity index (χ0n) is 13.3. The van der Waals surface area contributed by atoms with Gasteiger partial charge in [0.2, 0.25) is 0 Å². The van der Waals surface area contributed by atoms with Crippen LogP contribution in [0.4, 0.5) is 0 Å². The van der Waals surface area contributed by atoms with E-state index in [0.29, 0.717) is 12.3 Å². The molecule has 0 radical (unpaired) electrons. The van der Waals surface area contributed by atoms with Crippen LogP contribution in [0.3, 0.4) is 0 Å². The summed E-state index contributed by atoms with van der Waals surface area (Å²) in [5, 5.41) is 8.60. The molecular formula is C18H32O2. The Kier molecular flexibility index (Phi) is 13.6. The van der Waals surface area contributed by atoms with E-state index in [1.165, 1.54) is 25.7 Å². The standard InChI is InChI=1S/C18H32O2/c1-3-4-5-6-7-8-9-10-11-12-13-14-17(2)15-16-18(19)20/h7-8,11-12,17H,3-6,9-10,13-16H2,1-2H3,(H,19,20)/b8-7+,12-11+. The van der Waals surface area contributed by atoms with Crippen molar-refractivity contribution in [1.29, 1.82) is 0 Å². The first-order chi connectivity index (χ1) is 9.66. The highest BCUT2D eigenvalue weighted by Crippen LogP contribution is 2.13. The van der Waals surface area contributed by atoms with Crippen LogP contribution in [0.5, 0.6) is 0 Å². The fraction of sp³-hybridized carbons (Fsp3) is 0.722. The Bertz CT molecular complexity index is 279. The van der Waals surface area contributed by atoms with Crippen LogP contribution in [0, 0.1) is 5.92 Å². The summed E-state index contributed by atoms with van der Waals surface area (Å²) >= 11 is 0. The lowest BCUT2D eigenvalue weighted by Gasteiger charge is -2.06. The van der Waals surface area contributed by atoms with Crippen LogP contribution in [0.15, 0.2) is 24.3 Å². The van der Waals surface area contributed by atoms with E-state index in [4.69, 9.17) is 5.11 Å². The average Bonchev–Trinajstić information content (AvgIpc) is 2.42. The highest BCUT2D eigenvalue weighted by Gasteiger charge is 2.03. The molecule has 0 saturated heterocycles. The van der Waals surface area contributed by atoms with Gasteiger partial charge in [-0.25, -0.2) is 0 Å². The molecular weight excluding hydrogens is 248 g/mol. The van der Waals surface area contributed by atoms with E-state index in [1.807, 2.05) is 0 Å². The van der Waals surface area contributed by atoms with Crippen LogP contribution in [-0.2, 0) is 4.79 Å². The molecule has 0 rings (SSSR count). The predicted molar refractivity (Wildman–Crippen MR) is 86.9 cm³/mol. The van der Waals surface area contributed by atoms with Gasteiger partial charge in [0, 0.05) is 6.42 Å². The topological polar surface area (TPSA) is 37.3 Å². The van der Waals surface area contributed by atoms with Gasteiger partial charge in [0.25, 0.3) is 0 Å². The summed E-state index contributed by atoms with van der Waals surface area (Å²) in [6.45, 7) is 4.37. The third-order valence-electron chi connectivity index (χ3n) is 3.48. The molecule has 20 heavy (non-hydrogen) atoms. The SMILES string of the molecule is CCCCC/C=C/CC/C=C/CCC(C)CCC(=O)O. The van der Waals surface area contributed by atoms with Gasteiger partial charge in [-0.15, -0.1) is 0 Å². The lowest BCUT2D eigenvalue weighted by atomic mass is 10.00. The van der Waals surface area contributed by atoms with Crippen LogP contribution < -0.4 is 0 Å². The molecule has 0 spiro atoms. The van der Waals surface area contributed by atoms with Gasteiger partial charge in [0.05, 0.1) is 0 Å². The number of allylic oxidation sites excluding steroid dienone is 4. The van der Waals surface area contributed by atoms with Crippen molar-refractivity contribution in [2.75, 3.05) is 0 Å². The van der Waals surface area contributed by atoms with E-state index in [0.717, 1.165) is 32.1 Å². The van der Waals surface area contributed by atoms with Crippen molar-refractivity contribution in [3.63, 3.8) is 0 Å². The van der Waals surface area contributed by atoms with Crippen LogP contribution in [0.1, 0.15) is 78.1 Å². The molecule has 0 amide bonds. The lowest BCUT2D eigenvalue weighted by Crippen LogP contribution is -2.00. The number of carboxylic acids is 1. The zero-order chi connectivity index (χ0) is 15.1. The summed E-state index contributed by atoms with van der Waals surface area (Å²) in [5.41, 5.74) is 0. The Morgan fingerprint density at radius 3 is 2.15 bits per heavy atom. The minimum Gasteiger partial charge on any atom is -0.481 e. The molecule has 0 bridgehead atoms. The molecule has 2 heteroatoms. The molecule has 0 aromatic carbocycles. The van der Waals surface area contributed by atoms with Crippen molar-refractivity contribution < 1.29 is 9.90 Å². The molecule has 0 aliphatic carbocycles. The summed E-state index contributed by atoms with van der Waals surface area (Å²) in [6, 6.07) is 0. The molecule has 0 aliphatic heterocycles. The van der Waals surface area contributed by atoms with Crippen LogP contribution in [-0.4, -0.2) is 11.1 Å². The summed E-state index contributed by atoms with van der Waals surface area (Å²) in [5.74, 6) is -0.174. The molecule has 1 unspecified atom stereocenters. The second-order valence-electron chi connectivity index (χ2n) is 5.63. The second kappa shape index (κ2) is 14.4. The van der Waals surface area contributed by atoms with E-state index in [-0.39, 0.29) is 0 Å². The molecule has 1 atom stereocenters. The fourth-order valence-electron chi connectivity index (χ4n) is 2.07. The summed E-state index contributed by atoms with van der Waals surface area (Å²) < 4.78 is 0. The van der Waals surface area contributed by atoms with Crippen molar-refractivity contribution in [1.82, 2.24) is 0 Å². The highest BCUT2D eigenvalue weighted by atomic mass is 16.4. The van der Waals surface area contributed by atoms with Crippen molar-refractivity contribution in [2.24, 2.45) is 5.92 Å². The predicted octanol–water partition coefficient (Wildman–Crippen LogP) is 5.74. The van der Waals surface area contributed by atoms with Gasteiger partial charge < -0.3 is 5.11 Å². The molecule has 0 fully saturated rings. The van der Waals surface area contributed by atoms with Gasteiger partial charge in [-0.3, -0.25) is 4.79 Å². The van der Waals surface area contributed by atoms with Crippen LogP contribution >= 0.6 is 0 Å². The minimum atomic E-state index is -0.682. The van der Waals surface area contributed by atoms with Crippen molar-refractivity contribution in [3.05, 3.63) is 24.3 Å². The largest absolute Gasteiger partial charge is 0.481 e. The fourth-order valence-corrected chi connectivity index (χ4v) is 2.07. The Morgan fingerprint density at radius 1 is 0.950 bits per heavy atom. The summed E-state index contributed by atoms with van der Waals surface area (Å²) in [7, 11) is 0. The molecule has 1 N–H and O–H groups in total. The van der Waals surface area contributed by atoms with Gasteiger partial charge in [-0.05, 0) is 50.9 Å². The van der Waals surface area contributed by atoms with E-state index in [9.17, 15) is 4.79 Å². The third-order valence-corrected chi connectivity index (χ3v) is 3.48. The Hall–Kier alpha value is -1.05. The van der Waals surface area contributed by atoms with Gasteiger partial charge in [0.15, 0.2) is 0 Å². The molecule has 0 heterocycles. The number of rotatable bonds is 13. The maximum atomic E-state index is 10.4. The van der Waals surface area contributed by atoms with Crippen LogP contribution in [0.2, 0.25) is 0 Å². The molecule has 0 saturated carbocycles. The second-order valence-corrected chi connectivity index (χ2v) is 5.63. The number of unbranched alkanes of at least 4 members (excludes halogenated alkanes) is 4. The maximum absolute atomic E-state index is 10.4. The quantitative estimate of drug-likeness (QED) is 0.345. The van der Waals surface area contributed by atoms with Gasteiger partial charge in [0.1, 0.15) is 0 Å². The Morgan fingerprint density at radius 2 is 1.55 bits per heavy atom. The van der Waals surface area contributed by atoms with Gasteiger partial charge >= 0.3 is 5.97 Å². The Balaban J connectivity index is 3.37. The molecule has 0 aromatic rings. The van der Waals surface area contributed by atoms with E-state index >= 15 is 0 Å². The average molecular weight is 280 g/mol. The monoisotopic (exact) mass is 280 g/mol. The van der Waals surface area contributed by atoms with E-state index in [1.54, 1.807) is 0 Å². The minimum absolute atomic E-state index is 0.299. The molecule has 0 aromatic heterocycles. The zero-order valence-corrected chi connectivity index (χ0v) is 13.3. The van der Waals surface area contributed by atoms with E-state index < -0.39 is 5.97 Å². The number of hydrogen-bond donors (Lipinski definition) is 1. The highest BCUT2D eigenvalue weighted by molar-refractivity contribution is 5.66. The summed E-state index contributed by atoms with van der Waals surface area (Å²) in [4.78, 5) is 10.4. The Labute approximate surface area is 125 Å². The lowest BCUT2D eigenvalue weighted by molar-refractivity contribution is -0.137. The van der Waals surface area contributed by atoms with Crippen molar-refractivity contribution >= 4 is 5.97 Å². The van der Waals surface area contributed by atoms with Crippen molar-refractivity contribution in [2.45, 2.75) is 78.1 Å². The maximum Gasteiger partial charge on any atom is 0.303 e. The molecule has 2 nitrogen and oxygen atoms in total. The first-order valence-corrected chi connectivity index (χ1v) is 8.18. The molecule has 116 valence electrons. The normalized spacial score (nSPS) is 13.3. The summed E-state index contributed by atoms with van der Waals surface area (Å²) in [6.07, 6.45) is 19.8. The number of aliphatic carboxylic acids is 1. The van der Waals surface area contributed by atoms with E-state index in [2.05, 4.69) is 38.2 Å². The first-order valence-electron chi connectivity index (χ1n) is 8.18. The number of hydrogen-bond acceptors (Lipinski definition) is 1. The smallest absolute Gasteiger partial charge is 0.303 e. The molecule has 0 aliphatic rings.